The molecule has 0 aromatic carbocycles. The van der Waals surface area contributed by atoms with Crippen LogP contribution in [0.1, 0.15) is 87.0 Å². The fourth-order valence-electron chi connectivity index (χ4n) is 8.29. The standard InChI is InChI=1S/C31H55BrO6Si2/c1-27(2,3)39(9,10)36-17-13-16-31-22-15-14-20-18-30(22,19-21(20)38-40(11,12)28(4,5)6)23(25(33)35-8)24(31)29(7,32)26(34)37-31/h20-24H,13-19H2,1-12H3/t20-,21+,22-,23-,24-,29-,30-,31-/m1/s1. The molecule has 4 fully saturated rings. The molecule has 3 saturated carbocycles. The van der Waals surface area contributed by atoms with Crippen LogP contribution in [0.2, 0.25) is 36.3 Å². The monoisotopic (exact) mass is 658 g/mol. The van der Waals surface area contributed by atoms with E-state index in [1.54, 1.807) is 0 Å². The van der Waals surface area contributed by atoms with Crippen molar-refractivity contribution in [2.24, 2.45) is 29.1 Å². The van der Waals surface area contributed by atoms with Gasteiger partial charge in [0.05, 0.1) is 13.0 Å². The predicted octanol–water partition coefficient (Wildman–Crippen LogP) is 7.85. The van der Waals surface area contributed by atoms with Crippen molar-refractivity contribution < 1.29 is 27.9 Å². The number of methoxy groups -OCH3 is 1. The summed E-state index contributed by atoms with van der Waals surface area (Å²) < 4.78 is 24.8. The van der Waals surface area contributed by atoms with Crippen molar-refractivity contribution >= 4 is 44.5 Å². The number of carbonyl (C=O) groups is 2. The molecule has 0 aromatic heterocycles. The Morgan fingerprint density at radius 2 is 1.62 bits per heavy atom. The van der Waals surface area contributed by atoms with Gasteiger partial charge in [0.2, 0.25) is 0 Å². The van der Waals surface area contributed by atoms with E-state index in [1.165, 1.54) is 7.11 Å². The molecular formula is C31H55BrO6Si2. The topological polar surface area (TPSA) is 71.1 Å². The maximum absolute atomic E-state index is 13.8. The van der Waals surface area contributed by atoms with E-state index < -0.39 is 32.5 Å². The molecule has 230 valence electrons. The first kappa shape index (κ1) is 32.7. The van der Waals surface area contributed by atoms with E-state index in [9.17, 15) is 9.59 Å². The second-order valence-corrected chi connectivity index (χ2v) is 27.8. The minimum Gasteiger partial charge on any atom is -0.469 e. The molecule has 6 nitrogen and oxygen atoms in total. The van der Waals surface area contributed by atoms with Crippen molar-refractivity contribution in [3.63, 3.8) is 0 Å². The van der Waals surface area contributed by atoms with Crippen LogP contribution in [0, 0.1) is 29.1 Å². The number of carbonyl (C=O) groups excluding carboxylic acids is 2. The van der Waals surface area contributed by atoms with Gasteiger partial charge in [-0.05, 0) is 93.0 Å². The van der Waals surface area contributed by atoms with Crippen LogP contribution in [0.15, 0.2) is 0 Å². The maximum atomic E-state index is 13.8. The highest BCUT2D eigenvalue weighted by Crippen LogP contribution is 2.75. The average molecular weight is 660 g/mol. The normalized spacial score (nSPS) is 39.6. The third kappa shape index (κ3) is 4.93. The number of ether oxygens (including phenoxy) is 2. The summed E-state index contributed by atoms with van der Waals surface area (Å²) >= 11 is 3.81. The number of rotatable bonds is 8. The smallest absolute Gasteiger partial charge is 0.323 e. The first-order valence-corrected chi connectivity index (χ1v) is 22.0. The van der Waals surface area contributed by atoms with E-state index in [0.717, 1.165) is 32.1 Å². The zero-order valence-corrected chi connectivity index (χ0v) is 30.7. The highest BCUT2D eigenvalue weighted by atomic mass is 79.9. The lowest BCUT2D eigenvalue weighted by Gasteiger charge is -2.44. The molecule has 4 rings (SSSR count). The van der Waals surface area contributed by atoms with Gasteiger partial charge in [0, 0.05) is 24.5 Å². The molecule has 4 aliphatic rings. The molecule has 8 atom stereocenters. The fourth-order valence-corrected chi connectivity index (χ4v) is 11.5. The van der Waals surface area contributed by atoms with E-state index in [4.69, 9.17) is 18.3 Å². The Bertz CT molecular complexity index is 1010. The average Bonchev–Trinajstić information content (AvgIpc) is 3.29. The Kier molecular flexibility index (Phi) is 8.31. The van der Waals surface area contributed by atoms with Gasteiger partial charge in [-0.1, -0.05) is 57.5 Å². The summed E-state index contributed by atoms with van der Waals surface area (Å²) in [5, 5.41) is 0.251. The van der Waals surface area contributed by atoms with Crippen molar-refractivity contribution in [2.45, 2.75) is 139 Å². The number of esters is 2. The molecule has 1 heterocycles. The summed E-state index contributed by atoms with van der Waals surface area (Å²) in [5.74, 6) is -0.617. The highest BCUT2D eigenvalue weighted by Gasteiger charge is 2.81. The second kappa shape index (κ2) is 10.2. The number of hydrogen-bond acceptors (Lipinski definition) is 6. The van der Waals surface area contributed by atoms with Crippen molar-refractivity contribution in [2.75, 3.05) is 13.7 Å². The number of fused-ring (bicyclic) bond motifs is 3. The summed E-state index contributed by atoms with van der Waals surface area (Å²) in [6.45, 7) is 25.4. The molecule has 2 bridgehead atoms. The maximum Gasteiger partial charge on any atom is 0.323 e. The lowest BCUT2D eigenvalue weighted by Crippen LogP contribution is -2.46. The second-order valence-electron chi connectivity index (χ2n) is 16.6. The van der Waals surface area contributed by atoms with Gasteiger partial charge in [0.1, 0.15) is 9.93 Å². The van der Waals surface area contributed by atoms with E-state index in [1.807, 2.05) is 6.92 Å². The summed E-state index contributed by atoms with van der Waals surface area (Å²) in [5.41, 5.74) is -0.995. The molecule has 1 saturated heterocycles. The third-order valence-electron chi connectivity index (χ3n) is 12.3. The van der Waals surface area contributed by atoms with Crippen LogP contribution in [-0.4, -0.2) is 58.3 Å². The van der Waals surface area contributed by atoms with Crippen LogP contribution >= 0.6 is 15.9 Å². The largest absolute Gasteiger partial charge is 0.469 e. The zero-order chi connectivity index (χ0) is 30.3. The van der Waals surface area contributed by atoms with Gasteiger partial charge in [-0.15, -0.1) is 0 Å². The fraction of sp³-hybridized carbons (Fsp3) is 0.935. The van der Waals surface area contributed by atoms with Crippen LogP contribution in [0.25, 0.3) is 0 Å². The molecule has 1 aliphatic heterocycles. The van der Waals surface area contributed by atoms with Gasteiger partial charge < -0.3 is 18.3 Å². The van der Waals surface area contributed by atoms with Crippen LogP contribution < -0.4 is 0 Å². The van der Waals surface area contributed by atoms with Crippen LogP contribution in [0.5, 0.6) is 0 Å². The summed E-state index contributed by atoms with van der Waals surface area (Å²) in [6.07, 6.45) is 5.42. The van der Waals surface area contributed by atoms with E-state index in [0.29, 0.717) is 18.9 Å². The molecule has 0 radical (unpaired) electrons. The minimum absolute atomic E-state index is 0.106. The van der Waals surface area contributed by atoms with Gasteiger partial charge in [0.15, 0.2) is 16.6 Å². The molecule has 0 aromatic rings. The molecule has 0 amide bonds. The summed E-state index contributed by atoms with van der Waals surface area (Å²) in [7, 11) is -2.41. The molecule has 0 unspecified atom stereocenters. The number of halogens is 1. The van der Waals surface area contributed by atoms with Gasteiger partial charge in [-0.25, -0.2) is 0 Å². The van der Waals surface area contributed by atoms with Gasteiger partial charge in [0.25, 0.3) is 0 Å². The van der Waals surface area contributed by atoms with Crippen molar-refractivity contribution in [1.29, 1.82) is 0 Å². The summed E-state index contributed by atoms with van der Waals surface area (Å²) in [6, 6.07) is 0. The van der Waals surface area contributed by atoms with E-state index >= 15 is 0 Å². The van der Waals surface area contributed by atoms with Gasteiger partial charge >= 0.3 is 11.9 Å². The minimum atomic E-state index is -2.00. The van der Waals surface area contributed by atoms with Crippen LogP contribution in [0.3, 0.4) is 0 Å². The Morgan fingerprint density at radius 3 is 2.17 bits per heavy atom. The van der Waals surface area contributed by atoms with Crippen molar-refractivity contribution in [3.8, 4) is 0 Å². The molecule has 9 heteroatoms. The molecule has 0 N–H and O–H groups in total. The first-order valence-electron chi connectivity index (χ1n) is 15.4. The lowest BCUT2D eigenvalue weighted by atomic mass is 9.63. The molecule has 3 aliphatic carbocycles. The Labute approximate surface area is 253 Å². The summed E-state index contributed by atoms with van der Waals surface area (Å²) in [4.78, 5) is 27.3. The predicted molar refractivity (Wildman–Crippen MR) is 167 cm³/mol. The zero-order valence-electron chi connectivity index (χ0n) is 27.2. The van der Waals surface area contributed by atoms with Gasteiger partial charge in [-0.3, -0.25) is 9.59 Å². The molecule has 1 spiro atoms. The van der Waals surface area contributed by atoms with Gasteiger partial charge in [-0.2, -0.15) is 0 Å². The first-order chi connectivity index (χ1) is 18.1. The number of alkyl halides is 1. The highest BCUT2D eigenvalue weighted by molar-refractivity contribution is 9.10. The Balaban J connectivity index is 1.70. The SMILES string of the molecule is COC(=O)[C@H]1[C@H]2[C@](CCCO[Si](C)(C)C(C)(C)C)(OC(=O)[C@]2(C)Br)[C@@H]2CC[C@@H]3C[C@@]21C[C@@H]3O[Si](C)(C)C(C)(C)C. The van der Waals surface area contributed by atoms with E-state index in [-0.39, 0.29) is 45.4 Å². The van der Waals surface area contributed by atoms with Crippen molar-refractivity contribution in [1.82, 2.24) is 0 Å². The third-order valence-corrected chi connectivity index (χ3v) is 22.2. The molecular weight excluding hydrogens is 604 g/mol. The Morgan fingerprint density at radius 1 is 1.02 bits per heavy atom. The quantitative estimate of drug-likeness (QED) is 0.114. The van der Waals surface area contributed by atoms with E-state index in [2.05, 4.69) is 83.7 Å². The Hall–Kier alpha value is -0.226. The number of hydrogen-bond donors (Lipinski definition) is 0. The van der Waals surface area contributed by atoms with Crippen LogP contribution in [-0.2, 0) is 27.9 Å². The van der Waals surface area contributed by atoms with Crippen LogP contribution in [0.4, 0.5) is 0 Å². The molecule has 40 heavy (non-hydrogen) atoms. The van der Waals surface area contributed by atoms with Crippen molar-refractivity contribution in [3.05, 3.63) is 0 Å². The lowest BCUT2D eigenvalue weighted by molar-refractivity contribution is -0.159.